The number of hydrogen-bond acceptors (Lipinski definition) is 4. The Labute approximate surface area is 185 Å². The molecule has 0 spiro atoms. The summed E-state index contributed by atoms with van der Waals surface area (Å²) in [7, 11) is -3.70. The van der Waals surface area contributed by atoms with E-state index < -0.39 is 22.0 Å². The van der Waals surface area contributed by atoms with Crippen LogP contribution >= 0.6 is 0 Å². The van der Waals surface area contributed by atoms with Crippen molar-refractivity contribution in [2.45, 2.75) is 39.8 Å². The quantitative estimate of drug-likeness (QED) is 0.609. The van der Waals surface area contributed by atoms with Crippen molar-refractivity contribution in [1.29, 1.82) is 0 Å². The zero-order chi connectivity index (χ0) is 23.0. The summed E-state index contributed by atoms with van der Waals surface area (Å²) in [5.41, 5.74) is 2.36. The van der Waals surface area contributed by atoms with Crippen molar-refractivity contribution >= 4 is 27.5 Å². The Balaban J connectivity index is 2.39. The van der Waals surface area contributed by atoms with Gasteiger partial charge in [0.1, 0.15) is 12.6 Å². The number of nitrogens with one attached hydrogen (secondary N) is 1. The highest BCUT2D eigenvalue weighted by Gasteiger charge is 2.31. The number of carbonyl (C=O) groups excluding carboxylic acids is 2. The lowest BCUT2D eigenvalue weighted by molar-refractivity contribution is -0.140. The minimum Gasteiger partial charge on any atom is -0.355 e. The van der Waals surface area contributed by atoms with Crippen molar-refractivity contribution < 1.29 is 18.0 Å². The van der Waals surface area contributed by atoms with Crippen LogP contribution in [0.4, 0.5) is 5.69 Å². The fourth-order valence-corrected chi connectivity index (χ4v) is 4.16. The molecule has 168 valence electrons. The number of sulfonamides is 1. The van der Waals surface area contributed by atoms with E-state index in [1.165, 1.54) is 4.90 Å². The van der Waals surface area contributed by atoms with Gasteiger partial charge in [0.25, 0.3) is 0 Å². The molecule has 0 unspecified atom stereocenters. The number of hydrogen-bond donors (Lipinski definition) is 1. The number of rotatable bonds is 10. The van der Waals surface area contributed by atoms with Crippen LogP contribution in [0, 0.1) is 6.92 Å². The van der Waals surface area contributed by atoms with Gasteiger partial charge in [0.2, 0.25) is 21.8 Å². The third kappa shape index (κ3) is 6.82. The second-order valence-electron chi connectivity index (χ2n) is 7.43. The Morgan fingerprint density at radius 2 is 1.61 bits per heavy atom. The fourth-order valence-electron chi connectivity index (χ4n) is 3.31. The van der Waals surface area contributed by atoms with Crippen molar-refractivity contribution in [1.82, 2.24) is 10.2 Å². The first-order valence-corrected chi connectivity index (χ1v) is 12.2. The molecule has 31 heavy (non-hydrogen) atoms. The Kier molecular flexibility index (Phi) is 8.62. The molecule has 0 aliphatic heterocycles. The molecule has 0 heterocycles. The zero-order valence-corrected chi connectivity index (χ0v) is 19.4. The first kappa shape index (κ1) is 24.4. The molecule has 1 N–H and O–H groups in total. The standard InChI is InChI=1S/C23H31N3O4S/c1-5-21(23(28)24-6-2)25(16-19-14-12-18(3)13-15-19)22(27)17-26(31(4,29)30)20-10-8-7-9-11-20/h7-15,21H,5-6,16-17H2,1-4H3,(H,24,28)/t21-/m1/s1. The van der Waals surface area contributed by atoms with E-state index in [2.05, 4.69) is 5.32 Å². The summed E-state index contributed by atoms with van der Waals surface area (Å²) in [4.78, 5) is 27.5. The maximum absolute atomic E-state index is 13.4. The number of benzene rings is 2. The molecular formula is C23H31N3O4S. The first-order chi connectivity index (χ1) is 14.7. The Bertz CT molecular complexity index is 976. The van der Waals surface area contributed by atoms with E-state index >= 15 is 0 Å². The smallest absolute Gasteiger partial charge is 0.244 e. The summed E-state index contributed by atoms with van der Waals surface area (Å²) in [6.07, 6.45) is 1.48. The van der Waals surface area contributed by atoms with E-state index in [-0.39, 0.29) is 19.0 Å². The maximum atomic E-state index is 13.4. The van der Waals surface area contributed by atoms with Crippen LogP contribution in [0.25, 0.3) is 0 Å². The number of carbonyl (C=O) groups is 2. The average Bonchev–Trinajstić information content (AvgIpc) is 2.73. The van der Waals surface area contributed by atoms with Crippen LogP contribution in [0.15, 0.2) is 54.6 Å². The zero-order valence-electron chi connectivity index (χ0n) is 18.5. The predicted molar refractivity (Wildman–Crippen MR) is 123 cm³/mol. The summed E-state index contributed by atoms with van der Waals surface area (Å²) < 4.78 is 25.9. The molecule has 0 saturated heterocycles. The van der Waals surface area contributed by atoms with Gasteiger partial charge in [0.15, 0.2) is 0 Å². The highest BCUT2D eigenvalue weighted by Crippen LogP contribution is 2.19. The number of aryl methyl sites for hydroxylation is 1. The molecule has 0 saturated carbocycles. The summed E-state index contributed by atoms with van der Waals surface area (Å²) in [5.74, 6) is -0.691. The van der Waals surface area contributed by atoms with Crippen molar-refractivity contribution in [2.75, 3.05) is 23.7 Å². The van der Waals surface area contributed by atoms with E-state index in [1.807, 2.05) is 45.0 Å². The second kappa shape index (κ2) is 10.9. The minimum atomic E-state index is -3.70. The number of nitrogens with zero attached hydrogens (tertiary/aromatic N) is 2. The summed E-state index contributed by atoms with van der Waals surface area (Å²) in [5, 5.41) is 2.78. The maximum Gasteiger partial charge on any atom is 0.244 e. The van der Waals surface area contributed by atoms with Crippen LogP contribution in [0.1, 0.15) is 31.4 Å². The minimum absolute atomic E-state index is 0.209. The van der Waals surface area contributed by atoms with Crippen LogP contribution < -0.4 is 9.62 Å². The summed E-state index contributed by atoms with van der Waals surface area (Å²) in [6, 6.07) is 15.5. The third-order valence-electron chi connectivity index (χ3n) is 4.93. The van der Waals surface area contributed by atoms with Crippen LogP contribution in [0.2, 0.25) is 0 Å². The largest absolute Gasteiger partial charge is 0.355 e. The van der Waals surface area contributed by atoms with Gasteiger partial charge in [0.05, 0.1) is 11.9 Å². The van der Waals surface area contributed by atoms with Gasteiger partial charge in [0, 0.05) is 13.1 Å². The van der Waals surface area contributed by atoms with Crippen LogP contribution in [-0.4, -0.2) is 50.5 Å². The van der Waals surface area contributed by atoms with Crippen molar-refractivity contribution in [3.8, 4) is 0 Å². The predicted octanol–water partition coefficient (Wildman–Crippen LogP) is 2.70. The molecule has 2 amide bonds. The molecular weight excluding hydrogens is 414 g/mol. The van der Waals surface area contributed by atoms with E-state index in [4.69, 9.17) is 0 Å². The average molecular weight is 446 g/mol. The number of anilines is 1. The van der Waals surface area contributed by atoms with Crippen LogP contribution in [0.3, 0.4) is 0 Å². The Morgan fingerprint density at radius 1 is 1.00 bits per heavy atom. The van der Waals surface area contributed by atoms with Crippen LogP contribution in [0.5, 0.6) is 0 Å². The topological polar surface area (TPSA) is 86.8 Å². The highest BCUT2D eigenvalue weighted by molar-refractivity contribution is 7.92. The van der Waals surface area contributed by atoms with E-state index in [0.717, 1.165) is 21.7 Å². The molecule has 8 heteroatoms. The molecule has 2 aromatic rings. The number of para-hydroxylation sites is 1. The van der Waals surface area contributed by atoms with E-state index in [1.54, 1.807) is 30.3 Å². The lowest BCUT2D eigenvalue weighted by atomic mass is 10.1. The number of amides is 2. The summed E-state index contributed by atoms with van der Waals surface area (Å²) >= 11 is 0. The van der Waals surface area contributed by atoms with Gasteiger partial charge in [-0.3, -0.25) is 13.9 Å². The van der Waals surface area contributed by atoms with Crippen LogP contribution in [-0.2, 0) is 26.2 Å². The Morgan fingerprint density at radius 3 is 2.13 bits per heavy atom. The van der Waals surface area contributed by atoms with Crippen molar-refractivity contribution in [3.05, 3.63) is 65.7 Å². The lowest BCUT2D eigenvalue weighted by Gasteiger charge is -2.32. The molecule has 2 rings (SSSR count). The van der Waals surface area contributed by atoms with Gasteiger partial charge in [-0.2, -0.15) is 0 Å². The fraction of sp³-hybridized carbons (Fsp3) is 0.391. The Hall–Kier alpha value is -2.87. The highest BCUT2D eigenvalue weighted by atomic mass is 32.2. The lowest BCUT2D eigenvalue weighted by Crippen LogP contribution is -2.52. The molecule has 2 aromatic carbocycles. The van der Waals surface area contributed by atoms with E-state index in [9.17, 15) is 18.0 Å². The second-order valence-corrected chi connectivity index (χ2v) is 9.34. The van der Waals surface area contributed by atoms with Crippen molar-refractivity contribution in [3.63, 3.8) is 0 Å². The van der Waals surface area contributed by atoms with Gasteiger partial charge in [-0.1, -0.05) is 55.0 Å². The molecule has 0 bridgehead atoms. The molecule has 0 aromatic heterocycles. The number of likely N-dealkylation sites (N-methyl/N-ethyl adjacent to an activating group) is 1. The van der Waals surface area contributed by atoms with Gasteiger partial charge in [-0.15, -0.1) is 0 Å². The molecule has 1 atom stereocenters. The first-order valence-electron chi connectivity index (χ1n) is 10.3. The van der Waals surface area contributed by atoms with Crippen molar-refractivity contribution in [2.24, 2.45) is 0 Å². The van der Waals surface area contributed by atoms with Gasteiger partial charge >= 0.3 is 0 Å². The molecule has 0 aliphatic rings. The van der Waals surface area contributed by atoms with Gasteiger partial charge in [-0.05, 0) is 38.0 Å². The summed E-state index contributed by atoms with van der Waals surface area (Å²) in [6.45, 7) is 5.89. The van der Waals surface area contributed by atoms with E-state index in [0.29, 0.717) is 18.7 Å². The third-order valence-corrected chi connectivity index (χ3v) is 6.07. The normalized spacial score (nSPS) is 12.1. The molecule has 0 aliphatic carbocycles. The SMILES string of the molecule is CCNC(=O)[C@@H](CC)N(Cc1ccc(C)cc1)C(=O)CN(c1ccccc1)S(C)(=O)=O. The molecule has 7 nitrogen and oxygen atoms in total. The molecule has 0 fully saturated rings. The van der Waals surface area contributed by atoms with Gasteiger partial charge < -0.3 is 10.2 Å². The molecule has 0 radical (unpaired) electrons. The monoisotopic (exact) mass is 445 g/mol. The van der Waals surface area contributed by atoms with Gasteiger partial charge in [-0.25, -0.2) is 8.42 Å².